The second-order valence-corrected chi connectivity index (χ2v) is 5.75. The van der Waals surface area contributed by atoms with Crippen LogP contribution in [0.15, 0.2) is 0 Å². The average molecular weight is 210 g/mol. The van der Waals surface area contributed by atoms with E-state index in [4.69, 9.17) is 0 Å². The smallest absolute Gasteiger partial charge is 0.222 e. The molecule has 2 aliphatic rings. The summed E-state index contributed by atoms with van der Waals surface area (Å²) in [6.07, 6.45) is 3.04. The lowest BCUT2D eigenvalue weighted by molar-refractivity contribution is -0.140. The van der Waals surface area contributed by atoms with Crippen LogP contribution >= 0.6 is 0 Å². The van der Waals surface area contributed by atoms with Crippen LogP contribution in [0.4, 0.5) is 0 Å². The zero-order valence-electron chi connectivity index (χ0n) is 10.1. The van der Waals surface area contributed by atoms with Gasteiger partial charge in [0, 0.05) is 37.6 Å². The Morgan fingerprint density at radius 1 is 1.27 bits per heavy atom. The van der Waals surface area contributed by atoms with Crippen molar-refractivity contribution in [3.63, 3.8) is 0 Å². The number of hydrogen-bond donors (Lipinski definition) is 0. The standard InChI is InChI=1S/C12H22N2O/c1-12(2,3)13-7-8-14-10(9-13)5-4-6-11(14)15/h10H,4-9H2,1-3H3/t10-/m0/s1. The molecule has 2 aliphatic heterocycles. The third-order valence-corrected chi connectivity index (χ3v) is 3.68. The van der Waals surface area contributed by atoms with Gasteiger partial charge in [-0.15, -0.1) is 0 Å². The van der Waals surface area contributed by atoms with Gasteiger partial charge in [-0.3, -0.25) is 9.69 Å². The molecule has 2 fully saturated rings. The van der Waals surface area contributed by atoms with Crippen LogP contribution in [0.5, 0.6) is 0 Å². The van der Waals surface area contributed by atoms with Crippen molar-refractivity contribution < 1.29 is 4.79 Å². The van der Waals surface area contributed by atoms with E-state index in [1.54, 1.807) is 0 Å². The van der Waals surface area contributed by atoms with Gasteiger partial charge in [-0.05, 0) is 33.6 Å². The molecule has 0 aromatic heterocycles. The summed E-state index contributed by atoms with van der Waals surface area (Å²) in [5.41, 5.74) is 0.243. The average Bonchev–Trinajstić information content (AvgIpc) is 2.16. The van der Waals surface area contributed by atoms with Crippen LogP contribution in [-0.2, 0) is 4.79 Å². The minimum Gasteiger partial charge on any atom is -0.337 e. The van der Waals surface area contributed by atoms with Crippen molar-refractivity contribution in [3.8, 4) is 0 Å². The highest BCUT2D eigenvalue weighted by Gasteiger charge is 2.36. The largest absolute Gasteiger partial charge is 0.337 e. The van der Waals surface area contributed by atoms with Gasteiger partial charge in [0.2, 0.25) is 5.91 Å². The molecule has 0 aromatic rings. The van der Waals surface area contributed by atoms with Gasteiger partial charge >= 0.3 is 0 Å². The molecule has 0 N–H and O–H groups in total. The van der Waals surface area contributed by atoms with Gasteiger partial charge in [-0.25, -0.2) is 0 Å². The fourth-order valence-electron chi connectivity index (χ4n) is 2.67. The molecule has 86 valence electrons. The van der Waals surface area contributed by atoms with E-state index in [-0.39, 0.29) is 5.54 Å². The first-order chi connectivity index (χ1) is 6.98. The first-order valence-electron chi connectivity index (χ1n) is 6.03. The maximum atomic E-state index is 11.7. The highest BCUT2D eigenvalue weighted by atomic mass is 16.2. The van der Waals surface area contributed by atoms with Crippen molar-refractivity contribution in [1.82, 2.24) is 9.80 Å². The molecule has 2 saturated heterocycles. The molecule has 1 amide bonds. The maximum Gasteiger partial charge on any atom is 0.222 e. The summed E-state index contributed by atoms with van der Waals surface area (Å²) in [4.78, 5) is 16.3. The number of carbonyl (C=O) groups is 1. The lowest BCUT2D eigenvalue weighted by Gasteiger charge is -2.48. The monoisotopic (exact) mass is 210 g/mol. The lowest BCUT2D eigenvalue weighted by Crippen LogP contribution is -2.60. The van der Waals surface area contributed by atoms with Crippen LogP contribution in [-0.4, -0.2) is 46.9 Å². The Balaban J connectivity index is 2.03. The molecule has 2 heterocycles. The Hall–Kier alpha value is -0.570. The Kier molecular flexibility index (Phi) is 2.75. The summed E-state index contributed by atoms with van der Waals surface area (Å²) in [6.45, 7) is 9.80. The Bertz CT molecular complexity index is 257. The van der Waals surface area contributed by atoms with Crippen LogP contribution in [0.2, 0.25) is 0 Å². The van der Waals surface area contributed by atoms with Gasteiger partial charge in [0.15, 0.2) is 0 Å². The fraction of sp³-hybridized carbons (Fsp3) is 0.917. The third-order valence-electron chi connectivity index (χ3n) is 3.68. The Morgan fingerprint density at radius 3 is 2.67 bits per heavy atom. The quantitative estimate of drug-likeness (QED) is 0.604. The minimum absolute atomic E-state index is 0.243. The number of piperazine rings is 1. The van der Waals surface area contributed by atoms with E-state index in [2.05, 4.69) is 30.6 Å². The third kappa shape index (κ3) is 2.17. The van der Waals surface area contributed by atoms with Gasteiger partial charge in [-0.2, -0.15) is 0 Å². The summed E-state index contributed by atoms with van der Waals surface area (Å²) < 4.78 is 0. The fourth-order valence-corrected chi connectivity index (χ4v) is 2.67. The number of fused-ring (bicyclic) bond motifs is 1. The van der Waals surface area contributed by atoms with Gasteiger partial charge in [0.05, 0.1) is 0 Å². The molecule has 0 saturated carbocycles. The van der Waals surface area contributed by atoms with E-state index in [9.17, 15) is 4.79 Å². The number of piperidine rings is 1. The van der Waals surface area contributed by atoms with Crippen molar-refractivity contribution in [2.24, 2.45) is 0 Å². The van der Waals surface area contributed by atoms with Crippen LogP contribution in [0.1, 0.15) is 40.0 Å². The molecule has 0 radical (unpaired) electrons. The molecule has 1 atom stereocenters. The highest BCUT2D eigenvalue weighted by molar-refractivity contribution is 5.77. The zero-order chi connectivity index (χ0) is 11.1. The van der Waals surface area contributed by atoms with E-state index in [1.165, 1.54) is 6.42 Å². The first kappa shape index (κ1) is 10.9. The van der Waals surface area contributed by atoms with Gasteiger partial charge in [-0.1, -0.05) is 0 Å². The molecule has 15 heavy (non-hydrogen) atoms. The number of nitrogens with zero attached hydrogens (tertiary/aromatic N) is 2. The predicted octanol–water partition coefficient (Wildman–Crippen LogP) is 1.48. The summed E-state index contributed by atoms with van der Waals surface area (Å²) in [6, 6.07) is 0.485. The Labute approximate surface area is 92.4 Å². The van der Waals surface area contributed by atoms with Gasteiger partial charge in [0.25, 0.3) is 0 Å². The number of carbonyl (C=O) groups excluding carboxylic acids is 1. The summed E-state index contributed by atoms with van der Waals surface area (Å²) in [7, 11) is 0. The highest BCUT2D eigenvalue weighted by Crippen LogP contribution is 2.25. The lowest BCUT2D eigenvalue weighted by atomic mass is 9.95. The van der Waals surface area contributed by atoms with E-state index in [0.717, 1.165) is 32.5 Å². The molecule has 3 heteroatoms. The van der Waals surface area contributed by atoms with Crippen LogP contribution < -0.4 is 0 Å². The number of amides is 1. The topological polar surface area (TPSA) is 23.6 Å². The molecular weight excluding hydrogens is 188 g/mol. The first-order valence-corrected chi connectivity index (χ1v) is 6.03. The predicted molar refractivity (Wildman–Crippen MR) is 60.7 cm³/mol. The zero-order valence-corrected chi connectivity index (χ0v) is 10.1. The molecule has 2 rings (SSSR count). The van der Waals surface area contributed by atoms with E-state index in [0.29, 0.717) is 11.9 Å². The van der Waals surface area contributed by atoms with Crippen LogP contribution in [0, 0.1) is 0 Å². The normalized spacial score (nSPS) is 29.1. The Morgan fingerprint density at radius 2 is 2.00 bits per heavy atom. The molecule has 3 nitrogen and oxygen atoms in total. The van der Waals surface area contributed by atoms with Crippen molar-refractivity contribution in [2.75, 3.05) is 19.6 Å². The molecule has 0 aromatic carbocycles. The van der Waals surface area contributed by atoms with E-state index in [1.807, 2.05) is 0 Å². The summed E-state index contributed by atoms with van der Waals surface area (Å²) >= 11 is 0. The summed E-state index contributed by atoms with van der Waals surface area (Å²) in [5.74, 6) is 0.375. The molecule has 0 spiro atoms. The van der Waals surface area contributed by atoms with Crippen LogP contribution in [0.25, 0.3) is 0 Å². The van der Waals surface area contributed by atoms with Gasteiger partial charge in [0.1, 0.15) is 0 Å². The molecular formula is C12H22N2O. The second kappa shape index (κ2) is 3.78. The van der Waals surface area contributed by atoms with E-state index < -0.39 is 0 Å². The molecule has 0 aliphatic carbocycles. The second-order valence-electron chi connectivity index (χ2n) is 5.75. The maximum absolute atomic E-state index is 11.7. The minimum atomic E-state index is 0.243. The van der Waals surface area contributed by atoms with Crippen molar-refractivity contribution >= 4 is 5.91 Å². The van der Waals surface area contributed by atoms with Gasteiger partial charge < -0.3 is 4.90 Å². The van der Waals surface area contributed by atoms with Crippen molar-refractivity contribution in [2.45, 2.75) is 51.6 Å². The number of hydrogen-bond acceptors (Lipinski definition) is 2. The van der Waals surface area contributed by atoms with Crippen molar-refractivity contribution in [3.05, 3.63) is 0 Å². The van der Waals surface area contributed by atoms with E-state index >= 15 is 0 Å². The SMILES string of the molecule is CC(C)(C)N1CCN2C(=O)CCC[C@H]2C1. The molecule has 0 bridgehead atoms. The summed E-state index contributed by atoms with van der Waals surface area (Å²) in [5, 5.41) is 0. The van der Waals surface area contributed by atoms with Crippen molar-refractivity contribution in [1.29, 1.82) is 0 Å². The molecule has 0 unspecified atom stereocenters. The van der Waals surface area contributed by atoms with Crippen LogP contribution in [0.3, 0.4) is 0 Å². The number of rotatable bonds is 0.